The molecule has 4 heterocycles. The van der Waals surface area contributed by atoms with Crippen molar-refractivity contribution in [1.29, 1.82) is 0 Å². The number of nitrogens with zero attached hydrogens (tertiary/aromatic N) is 4. The summed E-state index contributed by atoms with van der Waals surface area (Å²) in [6, 6.07) is 8.62. The molecule has 45 heavy (non-hydrogen) atoms. The molecule has 5 atom stereocenters. The third-order valence-electron chi connectivity index (χ3n) is 6.36. The number of H-pyrrole nitrogens is 1. The molecule has 1 aliphatic rings. The Morgan fingerprint density at radius 3 is 2.47 bits per heavy atom. The smallest absolute Gasteiger partial charge is 0.422 e. The van der Waals surface area contributed by atoms with E-state index < -0.39 is 61.0 Å². The Labute approximate surface area is 255 Å². The highest BCUT2D eigenvalue weighted by Gasteiger charge is 2.44. The Bertz CT molecular complexity index is 1540. The predicted molar refractivity (Wildman–Crippen MR) is 150 cm³/mol. The number of halogens is 3. The summed E-state index contributed by atoms with van der Waals surface area (Å²) in [6.07, 6.45) is -6.41. The number of imidazole rings is 2. The fraction of sp³-hybridized carbons (Fsp3) is 0.360. The molecule has 0 bridgehead atoms. The average Bonchev–Trinajstić information content (AvgIpc) is 3.69. The van der Waals surface area contributed by atoms with E-state index in [2.05, 4.69) is 19.9 Å². The molecule has 3 aromatic heterocycles. The van der Waals surface area contributed by atoms with Crippen molar-refractivity contribution in [2.24, 2.45) is 5.73 Å². The highest BCUT2D eigenvalue weighted by Crippen LogP contribution is 2.31. The molecule has 246 valence electrons. The SMILES string of the molecule is Cc1c(OCC(F)(F)F)ccnc1C[S+]([O-])c1nc2ccccc2[nH]1.NC(=O)c1ncn([C@@H]2O[C@H](CO)[C@@H](O)[C@H]2O)c1N.OO. The van der Waals surface area contributed by atoms with Crippen molar-refractivity contribution >= 4 is 33.9 Å². The molecule has 1 aliphatic heterocycles. The number of aliphatic hydroxyl groups excluding tert-OH is 3. The number of nitrogen functional groups attached to an aromatic ring is 1. The maximum absolute atomic E-state index is 12.5. The lowest BCUT2D eigenvalue weighted by Gasteiger charge is -2.17. The number of anilines is 1. The summed E-state index contributed by atoms with van der Waals surface area (Å²) in [4.78, 5) is 26.0. The number of alkyl halides is 3. The van der Waals surface area contributed by atoms with Crippen LogP contribution in [0, 0.1) is 6.92 Å². The van der Waals surface area contributed by atoms with Crippen LogP contribution in [0.2, 0.25) is 0 Å². The van der Waals surface area contributed by atoms with Crippen LogP contribution in [-0.4, -0.2) is 98.5 Å². The van der Waals surface area contributed by atoms with E-state index in [1.54, 1.807) is 13.0 Å². The molecule has 16 nitrogen and oxygen atoms in total. The first-order chi connectivity index (χ1) is 21.3. The van der Waals surface area contributed by atoms with Gasteiger partial charge in [0.2, 0.25) is 0 Å². The van der Waals surface area contributed by atoms with Crippen molar-refractivity contribution < 1.29 is 57.8 Å². The minimum atomic E-state index is -4.42. The van der Waals surface area contributed by atoms with Crippen LogP contribution in [0.5, 0.6) is 5.75 Å². The van der Waals surface area contributed by atoms with Gasteiger partial charge in [-0.3, -0.25) is 29.8 Å². The van der Waals surface area contributed by atoms with Crippen LogP contribution in [0.1, 0.15) is 28.0 Å². The maximum Gasteiger partial charge on any atom is 0.422 e. The van der Waals surface area contributed by atoms with E-state index >= 15 is 0 Å². The van der Waals surface area contributed by atoms with E-state index in [1.165, 1.54) is 23.2 Å². The summed E-state index contributed by atoms with van der Waals surface area (Å²) in [7, 11) is 0. The third kappa shape index (κ3) is 8.58. The lowest BCUT2D eigenvalue weighted by Crippen LogP contribution is -2.33. The van der Waals surface area contributed by atoms with Crippen molar-refractivity contribution in [2.75, 3.05) is 18.9 Å². The number of fused-ring (bicyclic) bond motifs is 1. The van der Waals surface area contributed by atoms with E-state index in [4.69, 9.17) is 36.6 Å². The van der Waals surface area contributed by atoms with Gasteiger partial charge >= 0.3 is 11.3 Å². The van der Waals surface area contributed by atoms with Gasteiger partial charge in [0.1, 0.15) is 29.9 Å². The minimum absolute atomic E-state index is 0.0227. The van der Waals surface area contributed by atoms with E-state index in [0.717, 1.165) is 5.52 Å². The van der Waals surface area contributed by atoms with Gasteiger partial charge in [-0.2, -0.15) is 18.2 Å². The zero-order valence-electron chi connectivity index (χ0n) is 23.3. The quantitative estimate of drug-likeness (QED) is 0.0735. The van der Waals surface area contributed by atoms with Crippen LogP contribution in [0.25, 0.3) is 11.0 Å². The molecule has 10 N–H and O–H groups in total. The molecule has 0 radical (unpaired) electrons. The van der Waals surface area contributed by atoms with Crippen LogP contribution in [0.15, 0.2) is 48.0 Å². The van der Waals surface area contributed by atoms with Crippen LogP contribution in [0.3, 0.4) is 0 Å². The van der Waals surface area contributed by atoms with Gasteiger partial charge in [-0.15, -0.1) is 0 Å². The van der Waals surface area contributed by atoms with E-state index in [0.29, 0.717) is 21.9 Å². The van der Waals surface area contributed by atoms with E-state index in [9.17, 15) is 32.7 Å². The van der Waals surface area contributed by atoms with Crippen molar-refractivity contribution in [3.8, 4) is 5.75 Å². The number of hydrogen-bond donors (Lipinski definition) is 8. The van der Waals surface area contributed by atoms with Gasteiger partial charge in [0.05, 0.1) is 29.7 Å². The molecule has 0 saturated carbocycles. The van der Waals surface area contributed by atoms with Gasteiger partial charge in [0, 0.05) is 22.9 Å². The number of nitrogens with one attached hydrogen (secondary N) is 1. The van der Waals surface area contributed by atoms with Crippen molar-refractivity contribution in [2.45, 2.75) is 48.5 Å². The second-order valence-electron chi connectivity index (χ2n) is 9.31. The Morgan fingerprint density at radius 1 is 1.20 bits per heavy atom. The number of primary amides is 1. The molecule has 4 aromatic rings. The lowest BCUT2D eigenvalue weighted by atomic mass is 10.1. The molecule has 1 amide bonds. The van der Waals surface area contributed by atoms with Gasteiger partial charge < -0.3 is 40.8 Å². The number of rotatable bonds is 8. The van der Waals surface area contributed by atoms with Crippen molar-refractivity contribution in [1.82, 2.24) is 24.5 Å². The monoisotopic (exact) mass is 661 g/mol. The van der Waals surface area contributed by atoms with E-state index in [1.807, 2.05) is 18.2 Å². The number of hydrogen-bond acceptors (Lipinski definition) is 13. The summed E-state index contributed by atoms with van der Waals surface area (Å²) in [5.74, 6) is -0.784. The first-order valence-electron chi connectivity index (χ1n) is 12.7. The number of benzene rings is 1. The summed E-state index contributed by atoms with van der Waals surface area (Å²) in [5.41, 5.74) is 12.8. The highest BCUT2D eigenvalue weighted by molar-refractivity contribution is 7.90. The average molecular weight is 662 g/mol. The highest BCUT2D eigenvalue weighted by atomic mass is 32.2. The molecule has 20 heteroatoms. The first-order valence-corrected chi connectivity index (χ1v) is 14.0. The fourth-order valence-electron chi connectivity index (χ4n) is 4.12. The van der Waals surface area contributed by atoms with Crippen LogP contribution < -0.4 is 16.2 Å². The molecule has 0 aliphatic carbocycles. The minimum Gasteiger partial charge on any atom is -0.609 e. The molecular formula is C25H30F3N7O9S. The molecule has 1 saturated heterocycles. The van der Waals surface area contributed by atoms with Gasteiger partial charge in [-0.05, 0) is 25.1 Å². The maximum atomic E-state index is 12.5. The van der Waals surface area contributed by atoms with Crippen molar-refractivity contribution in [3.63, 3.8) is 0 Å². The number of aromatic amines is 1. The second-order valence-corrected chi connectivity index (χ2v) is 10.7. The zero-order valence-corrected chi connectivity index (χ0v) is 24.1. The number of aromatic nitrogens is 5. The largest absolute Gasteiger partial charge is 0.609 e. The number of carbonyl (C=O) groups is 1. The lowest BCUT2D eigenvalue weighted by molar-refractivity contribution is -0.176. The Kier molecular flexibility index (Phi) is 12.1. The number of para-hydroxylation sites is 2. The summed E-state index contributed by atoms with van der Waals surface area (Å²) >= 11 is -1.51. The second kappa shape index (κ2) is 15.3. The number of amides is 1. The number of pyridine rings is 1. The third-order valence-corrected chi connectivity index (χ3v) is 7.52. The summed E-state index contributed by atoms with van der Waals surface area (Å²) in [6.45, 7) is -0.250. The molecular weight excluding hydrogens is 631 g/mol. The normalized spacial score (nSPS) is 20.1. The Hall–Kier alpha value is -4.02. The van der Waals surface area contributed by atoms with Gasteiger partial charge in [0.25, 0.3) is 5.91 Å². The number of nitrogens with two attached hydrogens (primary N) is 2. The molecule has 1 aromatic carbocycles. The van der Waals surface area contributed by atoms with Crippen molar-refractivity contribution in [3.05, 3.63) is 59.8 Å². The molecule has 1 fully saturated rings. The summed E-state index contributed by atoms with van der Waals surface area (Å²) < 4.78 is 60.6. The van der Waals surface area contributed by atoms with Gasteiger partial charge in [-0.1, -0.05) is 12.1 Å². The zero-order chi connectivity index (χ0) is 33.5. The summed E-state index contributed by atoms with van der Waals surface area (Å²) in [5, 5.41) is 40.6. The Morgan fingerprint density at radius 2 is 1.89 bits per heavy atom. The van der Waals surface area contributed by atoms with Gasteiger partial charge in [-0.25, -0.2) is 4.98 Å². The Balaban J connectivity index is 0.000000244. The topological polar surface area (TPSA) is 271 Å². The molecule has 1 unspecified atom stereocenters. The predicted octanol–water partition coefficient (Wildman–Crippen LogP) is 0.708. The van der Waals surface area contributed by atoms with Crippen LogP contribution >= 0.6 is 0 Å². The first kappa shape index (κ1) is 35.5. The van der Waals surface area contributed by atoms with Gasteiger partial charge in [0.15, 0.2) is 24.3 Å². The number of aliphatic hydroxyl groups is 3. The number of carbonyl (C=O) groups excluding carboxylic acids is 1. The molecule has 5 rings (SSSR count). The standard InChI is InChI=1S/C16H14F3N3O2S.C9H14N4O5.H2O2/c1-10-13(20-7-6-14(10)24-9-16(17,18)19)8-25(23)15-21-11-4-2-3-5-12(11)22-15;10-7-4(8(11)17)12-2-13(7)9-6(16)5(15)3(1-14)18-9;1-2/h2-7H,8-9H2,1H3,(H,21,22);2-3,5-6,9,14-16H,1,10H2,(H2,11,17);1-2H/t;3-,5-,6-,9-;/m.1./s1. The fourth-order valence-corrected chi connectivity index (χ4v) is 5.22. The molecule has 0 spiro atoms. The van der Waals surface area contributed by atoms with Crippen LogP contribution in [0.4, 0.5) is 19.0 Å². The number of ether oxygens (including phenoxy) is 2. The van der Waals surface area contributed by atoms with Crippen LogP contribution in [-0.2, 0) is 21.7 Å². The van der Waals surface area contributed by atoms with E-state index in [-0.39, 0.29) is 23.0 Å².